The molecule has 0 N–H and O–H groups in total. The van der Waals surface area contributed by atoms with E-state index in [0.29, 0.717) is 0 Å². The molecule has 0 amide bonds. The zero-order valence-electron chi connectivity index (χ0n) is 15.5. The zero-order valence-corrected chi connectivity index (χ0v) is 15.5. The second kappa shape index (κ2) is 6.68. The Morgan fingerprint density at radius 2 is 1.04 bits per heavy atom. The zero-order chi connectivity index (χ0) is 18.1. The molecule has 0 aliphatic heterocycles. The molecule has 0 fully saturated rings. The van der Waals surface area contributed by atoms with Crippen LogP contribution < -0.4 is 4.90 Å². The largest absolute Gasteiger partial charge is 0.309 e. The van der Waals surface area contributed by atoms with Crippen molar-refractivity contribution in [2.75, 3.05) is 4.90 Å². The Labute approximate surface area is 155 Å². The Morgan fingerprint density at radius 1 is 0.500 bits per heavy atom. The van der Waals surface area contributed by atoms with Crippen LogP contribution in [0, 0.1) is 20.8 Å². The Hall–Kier alpha value is -3.06. The fourth-order valence-electron chi connectivity index (χ4n) is 3.75. The third-order valence-corrected chi connectivity index (χ3v) is 5.03. The first-order chi connectivity index (χ1) is 12.7. The van der Waals surface area contributed by atoms with Crippen LogP contribution in [-0.4, -0.2) is 0 Å². The summed E-state index contributed by atoms with van der Waals surface area (Å²) in [6.07, 6.45) is 0. The van der Waals surface area contributed by atoms with Gasteiger partial charge in [0.05, 0.1) is 11.4 Å². The topological polar surface area (TPSA) is 3.24 Å². The molecule has 4 aromatic carbocycles. The van der Waals surface area contributed by atoms with E-state index < -0.39 is 0 Å². The molecule has 4 rings (SSSR count). The van der Waals surface area contributed by atoms with E-state index in [4.69, 9.17) is 0 Å². The third kappa shape index (κ3) is 2.76. The molecule has 4 aromatic rings. The minimum Gasteiger partial charge on any atom is -0.309 e. The van der Waals surface area contributed by atoms with Gasteiger partial charge in [0.15, 0.2) is 0 Å². The fourth-order valence-corrected chi connectivity index (χ4v) is 3.75. The van der Waals surface area contributed by atoms with Crippen LogP contribution in [0.3, 0.4) is 0 Å². The summed E-state index contributed by atoms with van der Waals surface area (Å²) in [4.78, 5) is 2.42. The lowest BCUT2D eigenvalue weighted by atomic mass is 10.0. The van der Waals surface area contributed by atoms with Gasteiger partial charge in [-0.2, -0.15) is 0 Å². The number of benzene rings is 4. The second-order valence-electron chi connectivity index (χ2n) is 6.86. The molecule has 128 valence electrons. The molecule has 1 heteroatoms. The van der Waals surface area contributed by atoms with Crippen LogP contribution in [0.4, 0.5) is 17.1 Å². The minimum atomic E-state index is 1.22. The summed E-state index contributed by atoms with van der Waals surface area (Å²) in [7, 11) is 0. The van der Waals surface area contributed by atoms with Crippen LogP contribution in [0.25, 0.3) is 10.8 Å². The molecule has 0 unspecified atom stereocenters. The molecule has 0 saturated carbocycles. The Kier molecular flexibility index (Phi) is 4.22. The maximum Gasteiger partial charge on any atom is 0.0540 e. The van der Waals surface area contributed by atoms with Gasteiger partial charge in [-0.1, -0.05) is 72.8 Å². The van der Waals surface area contributed by atoms with Crippen LogP contribution in [-0.2, 0) is 0 Å². The van der Waals surface area contributed by atoms with Crippen molar-refractivity contribution in [3.05, 3.63) is 102 Å². The van der Waals surface area contributed by atoms with Crippen molar-refractivity contribution < 1.29 is 0 Å². The highest BCUT2D eigenvalue weighted by Crippen LogP contribution is 2.42. The van der Waals surface area contributed by atoms with Crippen molar-refractivity contribution in [3.8, 4) is 0 Å². The van der Waals surface area contributed by atoms with Crippen LogP contribution in [0.15, 0.2) is 84.9 Å². The van der Waals surface area contributed by atoms with E-state index in [9.17, 15) is 0 Å². The first-order valence-electron chi connectivity index (χ1n) is 9.06. The summed E-state index contributed by atoms with van der Waals surface area (Å²) in [5, 5.41) is 2.52. The molecule has 0 heterocycles. The van der Waals surface area contributed by atoms with Gasteiger partial charge >= 0.3 is 0 Å². The summed E-state index contributed by atoms with van der Waals surface area (Å²) < 4.78 is 0. The molecular formula is C25H23N. The van der Waals surface area contributed by atoms with Crippen molar-refractivity contribution in [3.63, 3.8) is 0 Å². The minimum absolute atomic E-state index is 1.22. The first-order valence-corrected chi connectivity index (χ1v) is 9.06. The van der Waals surface area contributed by atoms with Gasteiger partial charge < -0.3 is 4.90 Å². The highest BCUT2D eigenvalue weighted by molar-refractivity contribution is 5.99. The van der Waals surface area contributed by atoms with E-state index in [0.717, 1.165) is 0 Å². The average Bonchev–Trinajstić information content (AvgIpc) is 2.65. The number of anilines is 3. The van der Waals surface area contributed by atoms with E-state index in [1.54, 1.807) is 0 Å². The number of rotatable bonds is 3. The molecule has 0 radical (unpaired) electrons. The Bertz CT molecular complexity index is 1050. The molecule has 26 heavy (non-hydrogen) atoms. The average molecular weight is 337 g/mol. The van der Waals surface area contributed by atoms with E-state index in [-0.39, 0.29) is 0 Å². The fraction of sp³-hybridized carbons (Fsp3) is 0.120. The van der Waals surface area contributed by atoms with Crippen LogP contribution in [0.5, 0.6) is 0 Å². The summed E-state index contributed by atoms with van der Waals surface area (Å²) in [5.74, 6) is 0. The number of hydrogen-bond acceptors (Lipinski definition) is 1. The summed E-state index contributed by atoms with van der Waals surface area (Å²) >= 11 is 0. The van der Waals surface area contributed by atoms with Crippen molar-refractivity contribution in [1.82, 2.24) is 0 Å². The molecule has 0 aliphatic rings. The number of para-hydroxylation sites is 2. The van der Waals surface area contributed by atoms with Crippen LogP contribution in [0.2, 0.25) is 0 Å². The monoisotopic (exact) mass is 337 g/mol. The standard InChI is InChI=1S/C25H23N/c1-18-10-4-7-16-23(18)26(25-19(2)11-8-12-20(25)3)24-17-9-14-21-13-5-6-15-22(21)24/h4-17H,1-3H3. The molecule has 0 spiro atoms. The quantitative estimate of drug-likeness (QED) is 0.381. The molecular weight excluding hydrogens is 314 g/mol. The van der Waals surface area contributed by atoms with Gasteiger partial charge in [0, 0.05) is 11.1 Å². The van der Waals surface area contributed by atoms with Gasteiger partial charge in [0.25, 0.3) is 0 Å². The van der Waals surface area contributed by atoms with Crippen molar-refractivity contribution in [2.24, 2.45) is 0 Å². The molecule has 0 aromatic heterocycles. The maximum atomic E-state index is 2.42. The highest BCUT2D eigenvalue weighted by atomic mass is 15.1. The molecule has 0 aliphatic carbocycles. The number of fused-ring (bicyclic) bond motifs is 1. The molecule has 0 atom stereocenters. The molecule has 0 bridgehead atoms. The van der Waals surface area contributed by atoms with Gasteiger partial charge in [-0.3, -0.25) is 0 Å². The van der Waals surface area contributed by atoms with Crippen LogP contribution in [0.1, 0.15) is 16.7 Å². The summed E-state index contributed by atoms with van der Waals surface area (Å²) in [6.45, 7) is 6.57. The highest BCUT2D eigenvalue weighted by Gasteiger charge is 2.19. The second-order valence-corrected chi connectivity index (χ2v) is 6.86. The molecule has 1 nitrogen and oxygen atoms in total. The van der Waals surface area contributed by atoms with E-state index in [1.807, 2.05) is 0 Å². The lowest BCUT2D eigenvalue weighted by Gasteiger charge is -2.31. The smallest absolute Gasteiger partial charge is 0.0540 e. The van der Waals surface area contributed by atoms with Crippen molar-refractivity contribution in [2.45, 2.75) is 20.8 Å². The van der Waals surface area contributed by atoms with Gasteiger partial charge in [-0.05, 0) is 55.0 Å². The Morgan fingerprint density at radius 3 is 1.81 bits per heavy atom. The predicted octanol–water partition coefficient (Wildman–Crippen LogP) is 7.23. The summed E-state index contributed by atoms with van der Waals surface area (Å²) in [6, 6.07) is 30.3. The normalized spacial score (nSPS) is 10.9. The first kappa shape index (κ1) is 16.4. The SMILES string of the molecule is Cc1ccccc1N(c1c(C)cccc1C)c1cccc2ccccc12. The van der Waals surface area contributed by atoms with Crippen molar-refractivity contribution >= 4 is 27.8 Å². The van der Waals surface area contributed by atoms with E-state index in [1.165, 1.54) is 44.5 Å². The van der Waals surface area contributed by atoms with Gasteiger partial charge in [-0.25, -0.2) is 0 Å². The lowest BCUT2D eigenvalue weighted by molar-refractivity contribution is 1.21. The number of aryl methyl sites for hydroxylation is 3. The maximum absolute atomic E-state index is 2.42. The van der Waals surface area contributed by atoms with Crippen LogP contribution >= 0.6 is 0 Å². The molecule has 0 saturated heterocycles. The Balaban J connectivity index is 2.08. The van der Waals surface area contributed by atoms with E-state index in [2.05, 4.69) is 111 Å². The van der Waals surface area contributed by atoms with Gasteiger partial charge in [0.1, 0.15) is 0 Å². The van der Waals surface area contributed by atoms with Gasteiger partial charge in [0.2, 0.25) is 0 Å². The number of nitrogens with zero attached hydrogens (tertiary/aromatic N) is 1. The third-order valence-electron chi connectivity index (χ3n) is 5.03. The van der Waals surface area contributed by atoms with Crippen molar-refractivity contribution in [1.29, 1.82) is 0 Å². The van der Waals surface area contributed by atoms with Gasteiger partial charge in [-0.15, -0.1) is 0 Å². The summed E-state index contributed by atoms with van der Waals surface area (Å²) in [5.41, 5.74) is 7.53. The van der Waals surface area contributed by atoms with E-state index >= 15 is 0 Å². The number of hydrogen-bond donors (Lipinski definition) is 0. The predicted molar refractivity (Wildman–Crippen MR) is 113 cm³/mol. The lowest BCUT2D eigenvalue weighted by Crippen LogP contribution is -2.14.